The molecule has 2 saturated carbocycles. The maximum absolute atomic E-state index is 13.0. The van der Waals surface area contributed by atoms with Crippen molar-refractivity contribution in [2.45, 2.75) is 64.9 Å². The Balaban J connectivity index is 1.69. The van der Waals surface area contributed by atoms with E-state index >= 15 is 0 Å². The van der Waals surface area contributed by atoms with Gasteiger partial charge in [0.05, 0.1) is 12.4 Å². The number of hydrogen-bond acceptors (Lipinski definition) is 3. The van der Waals surface area contributed by atoms with E-state index in [1.165, 1.54) is 11.6 Å². The number of carbonyl (C=O) groups is 1. The summed E-state index contributed by atoms with van der Waals surface area (Å²) in [7, 11) is 0. The summed E-state index contributed by atoms with van der Waals surface area (Å²) in [6.07, 6.45) is 11.8. The van der Waals surface area contributed by atoms with Crippen LogP contribution in [0.15, 0.2) is 36.1 Å². The van der Waals surface area contributed by atoms with Gasteiger partial charge < -0.3 is 9.84 Å². The molecule has 4 rings (SSSR count). The molecule has 1 N–H and O–H groups in total. The van der Waals surface area contributed by atoms with E-state index in [1.54, 1.807) is 0 Å². The number of carbonyl (C=O) groups excluding carboxylic acids is 1. The van der Waals surface area contributed by atoms with Crippen molar-refractivity contribution in [1.82, 2.24) is 0 Å². The Hall–Kier alpha value is -1.35. The lowest BCUT2D eigenvalue weighted by Crippen LogP contribution is -2.49. The van der Waals surface area contributed by atoms with Crippen LogP contribution in [0.4, 0.5) is 0 Å². The fourth-order valence-electron chi connectivity index (χ4n) is 6.68. The zero-order chi connectivity index (χ0) is 18.7. The first kappa shape index (κ1) is 18.0. The molecular weight excluding hydrogens is 324 g/mol. The number of allylic oxidation sites excluding steroid dienone is 4. The average Bonchev–Trinajstić information content (AvgIpc) is 2.84. The molecule has 6 atom stereocenters. The molecule has 0 amide bonds. The molecule has 0 radical (unpaired) electrons. The average molecular weight is 357 g/mol. The van der Waals surface area contributed by atoms with Gasteiger partial charge in [-0.1, -0.05) is 32.6 Å². The van der Waals surface area contributed by atoms with Crippen molar-refractivity contribution in [2.75, 3.05) is 6.61 Å². The van der Waals surface area contributed by atoms with Crippen LogP contribution in [-0.4, -0.2) is 23.1 Å². The summed E-state index contributed by atoms with van der Waals surface area (Å²) in [5, 5.41) is 10.8. The molecule has 0 aliphatic heterocycles. The van der Waals surface area contributed by atoms with Gasteiger partial charge in [0.15, 0.2) is 5.78 Å². The Morgan fingerprint density at radius 2 is 2.08 bits per heavy atom. The van der Waals surface area contributed by atoms with E-state index in [4.69, 9.17) is 4.74 Å². The summed E-state index contributed by atoms with van der Waals surface area (Å²) >= 11 is 0. The van der Waals surface area contributed by atoms with Crippen molar-refractivity contribution in [1.29, 1.82) is 0 Å². The molecule has 0 heterocycles. The minimum atomic E-state index is -1.33. The Labute approximate surface area is 157 Å². The van der Waals surface area contributed by atoms with Crippen molar-refractivity contribution >= 4 is 5.78 Å². The lowest BCUT2D eigenvalue weighted by atomic mass is 9.49. The van der Waals surface area contributed by atoms with Gasteiger partial charge in [0, 0.05) is 11.8 Å². The SMILES string of the molecule is C=CC1(O)C[C@H]2[C@@H]3CC=C4C=C(OCC)CC[C@]4(C)[C@H]3CC[C@]2(C)C1=O. The van der Waals surface area contributed by atoms with Crippen molar-refractivity contribution in [2.24, 2.45) is 28.6 Å². The molecule has 0 aromatic rings. The van der Waals surface area contributed by atoms with Crippen LogP contribution in [-0.2, 0) is 9.53 Å². The first-order chi connectivity index (χ1) is 12.3. The number of Topliss-reactive ketones (excluding diaryl/α,β-unsaturated/α-hetero) is 1. The molecule has 142 valence electrons. The maximum atomic E-state index is 13.0. The Morgan fingerprint density at radius 3 is 2.77 bits per heavy atom. The van der Waals surface area contributed by atoms with E-state index in [9.17, 15) is 9.90 Å². The number of rotatable bonds is 3. The highest BCUT2D eigenvalue weighted by Gasteiger charge is 2.64. The van der Waals surface area contributed by atoms with Crippen molar-refractivity contribution in [3.63, 3.8) is 0 Å². The van der Waals surface area contributed by atoms with Crippen molar-refractivity contribution in [3.8, 4) is 0 Å². The van der Waals surface area contributed by atoms with Crippen LogP contribution in [0, 0.1) is 28.6 Å². The maximum Gasteiger partial charge on any atom is 0.174 e. The number of fused-ring (bicyclic) bond motifs is 5. The van der Waals surface area contributed by atoms with Crippen LogP contribution in [0.1, 0.15) is 59.3 Å². The molecule has 0 aromatic carbocycles. The highest BCUT2D eigenvalue weighted by atomic mass is 16.5. The molecule has 1 unspecified atom stereocenters. The summed E-state index contributed by atoms with van der Waals surface area (Å²) < 4.78 is 5.79. The molecule has 0 spiro atoms. The smallest absolute Gasteiger partial charge is 0.174 e. The van der Waals surface area contributed by atoms with Gasteiger partial charge >= 0.3 is 0 Å². The molecule has 2 fully saturated rings. The monoisotopic (exact) mass is 356 g/mol. The van der Waals surface area contributed by atoms with Crippen LogP contribution in [0.3, 0.4) is 0 Å². The van der Waals surface area contributed by atoms with Gasteiger partial charge in [0.2, 0.25) is 0 Å². The molecule has 0 saturated heterocycles. The summed E-state index contributed by atoms with van der Waals surface area (Å²) in [5.41, 5.74) is -0.121. The topological polar surface area (TPSA) is 46.5 Å². The highest BCUT2D eigenvalue weighted by molar-refractivity contribution is 5.96. The Morgan fingerprint density at radius 1 is 1.31 bits per heavy atom. The van der Waals surface area contributed by atoms with Crippen LogP contribution >= 0.6 is 0 Å². The minimum Gasteiger partial charge on any atom is -0.498 e. The van der Waals surface area contributed by atoms with Gasteiger partial charge in [-0.15, -0.1) is 0 Å². The third kappa shape index (κ3) is 2.25. The number of ketones is 1. The molecule has 0 aromatic heterocycles. The minimum absolute atomic E-state index is 0.00514. The predicted molar refractivity (Wildman–Crippen MR) is 102 cm³/mol. The van der Waals surface area contributed by atoms with E-state index < -0.39 is 11.0 Å². The fraction of sp³-hybridized carbons (Fsp3) is 0.696. The van der Waals surface area contributed by atoms with Crippen LogP contribution < -0.4 is 0 Å². The van der Waals surface area contributed by atoms with E-state index in [0.717, 1.165) is 44.5 Å². The van der Waals surface area contributed by atoms with Gasteiger partial charge in [-0.3, -0.25) is 4.79 Å². The van der Waals surface area contributed by atoms with E-state index in [0.29, 0.717) is 18.3 Å². The third-order valence-electron chi connectivity index (χ3n) is 8.23. The second-order valence-corrected chi connectivity index (χ2v) is 9.35. The first-order valence-corrected chi connectivity index (χ1v) is 10.2. The van der Waals surface area contributed by atoms with Gasteiger partial charge in [-0.05, 0) is 73.8 Å². The second kappa shape index (κ2) is 5.82. The third-order valence-corrected chi connectivity index (χ3v) is 8.23. The molecule has 26 heavy (non-hydrogen) atoms. The van der Waals surface area contributed by atoms with Crippen molar-refractivity contribution in [3.05, 3.63) is 36.1 Å². The highest BCUT2D eigenvalue weighted by Crippen LogP contribution is 2.65. The van der Waals surface area contributed by atoms with Crippen LogP contribution in [0.25, 0.3) is 0 Å². The number of aliphatic hydroxyl groups is 1. The largest absolute Gasteiger partial charge is 0.498 e. The predicted octanol–water partition coefficient (Wildman–Crippen LogP) is 4.58. The zero-order valence-corrected chi connectivity index (χ0v) is 16.4. The lowest BCUT2D eigenvalue weighted by molar-refractivity contribution is -0.140. The van der Waals surface area contributed by atoms with Gasteiger partial charge in [0.25, 0.3) is 0 Å². The summed E-state index contributed by atoms with van der Waals surface area (Å²) in [4.78, 5) is 13.0. The van der Waals surface area contributed by atoms with Gasteiger partial charge in [0.1, 0.15) is 5.60 Å². The molecule has 3 heteroatoms. The van der Waals surface area contributed by atoms with Crippen LogP contribution in [0.2, 0.25) is 0 Å². The van der Waals surface area contributed by atoms with E-state index in [2.05, 4.69) is 32.6 Å². The zero-order valence-electron chi connectivity index (χ0n) is 16.4. The fourth-order valence-corrected chi connectivity index (χ4v) is 6.68. The van der Waals surface area contributed by atoms with Crippen LogP contribution in [0.5, 0.6) is 0 Å². The number of ether oxygens (including phenoxy) is 1. The molecule has 3 nitrogen and oxygen atoms in total. The molecule has 4 aliphatic carbocycles. The molecular formula is C23H32O3. The van der Waals surface area contributed by atoms with E-state index in [1.807, 2.05) is 6.92 Å². The lowest BCUT2D eigenvalue weighted by Gasteiger charge is -2.55. The molecule has 4 aliphatic rings. The van der Waals surface area contributed by atoms with Gasteiger partial charge in [-0.2, -0.15) is 0 Å². The second-order valence-electron chi connectivity index (χ2n) is 9.35. The summed E-state index contributed by atoms with van der Waals surface area (Å²) in [6.45, 7) is 11.0. The van der Waals surface area contributed by atoms with Crippen molar-refractivity contribution < 1.29 is 14.6 Å². The normalized spacial score (nSPS) is 47.2. The quantitative estimate of drug-likeness (QED) is 0.753. The summed E-state index contributed by atoms with van der Waals surface area (Å²) in [5.74, 6) is 2.43. The Kier molecular flexibility index (Phi) is 4.04. The first-order valence-electron chi connectivity index (χ1n) is 10.2. The number of hydrogen-bond donors (Lipinski definition) is 1. The summed E-state index contributed by atoms with van der Waals surface area (Å²) in [6, 6.07) is 0. The standard InChI is InChI=1S/C23H32O3/c1-5-23(25)14-19-17-8-7-15-13-16(26-6-2)9-11-21(15,3)18(17)10-12-22(19,4)20(23)24/h5,7,13,17-19,25H,1,6,8-12,14H2,2-4H3/t17-,18+,19+,21+,22+,23?/m1/s1. The molecule has 0 bridgehead atoms. The Bertz CT molecular complexity index is 704. The van der Waals surface area contributed by atoms with E-state index in [-0.39, 0.29) is 17.1 Å². The van der Waals surface area contributed by atoms with Gasteiger partial charge in [-0.25, -0.2) is 0 Å².